The van der Waals surface area contributed by atoms with Gasteiger partial charge in [-0.1, -0.05) is 31.9 Å². The van der Waals surface area contributed by atoms with Gasteiger partial charge in [0.1, 0.15) is 8.65 Å². The standard InChI is InChI=1S/C8H12Br2O4/c1-7(2,9)5(11)13-14-6(12)8(3,4)10/h1-4H3. The molecule has 0 N–H and O–H groups in total. The first-order valence-electron chi connectivity index (χ1n) is 3.86. The molecule has 14 heavy (non-hydrogen) atoms. The van der Waals surface area contributed by atoms with Crippen LogP contribution in [0.15, 0.2) is 0 Å². The van der Waals surface area contributed by atoms with Gasteiger partial charge in [-0.15, -0.1) is 0 Å². The van der Waals surface area contributed by atoms with Crippen molar-refractivity contribution in [1.82, 2.24) is 0 Å². The number of carbonyl (C=O) groups is 2. The third kappa shape index (κ3) is 4.95. The Hall–Kier alpha value is -0.100. The van der Waals surface area contributed by atoms with Gasteiger partial charge in [0.15, 0.2) is 0 Å². The molecule has 0 aromatic heterocycles. The topological polar surface area (TPSA) is 52.6 Å². The van der Waals surface area contributed by atoms with Gasteiger partial charge in [0.05, 0.1) is 0 Å². The molecule has 0 unspecified atom stereocenters. The molecule has 0 fully saturated rings. The third-order valence-corrected chi connectivity index (χ3v) is 1.81. The smallest absolute Gasteiger partial charge is 0.246 e. The van der Waals surface area contributed by atoms with E-state index in [1.165, 1.54) is 0 Å². The summed E-state index contributed by atoms with van der Waals surface area (Å²) in [7, 11) is 0. The molecule has 0 aliphatic carbocycles. The Morgan fingerprint density at radius 1 is 0.857 bits per heavy atom. The first kappa shape index (κ1) is 13.9. The van der Waals surface area contributed by atoms with Crippen molar-refractivity contribution in [3.63, 3.8) is 0 Å². The number of carbonyl (C=O) groups excluding carboxylic acids is 2. The summed E-state index contributed by atoms with van der Waals surface area (Å²) in [6, 6.07) is 0. The van der Waals surface area contributed by atoms with Crippen LogP contribution in [0.3, 0.4) is 0 Å². The molecule has 0 saturated carbocycles. The molecular weight excluding hydrogens is 320 g/mol. The van der Waals surface area contributed by atoms with Crippen molar-refractivity contribution in [2.45, 2.75) is 36.3 Å². The van der Waals surface area contributed by atoms with E-state index < -0.39 is 20.6 Å². The monoisotopic (exact) mass is 330 g/mol. The van der Waals surface area contributed by atoms with Crippen molar-refractivity contribution in [1.29, 1.82) is 0 Å². The first-order chi connectivity index (χ1) is 6.05. The molecule has 0 heterocycles. The minimum atomic E-state index is -0.871. The fourth-order valence-electron chi connectivity index (χ4n) is 0.274. The highest BCUT2D eigenvalue weighted by atomic mass is 79.9. The average molecular weight is 332 g/mol. The molecule has 0 amide bonds. The van der Waals surface area contributed by atoms with Crippen LogP contribution in [0, 0.1) is 0 Å². The maximum atomic E-state index is 11.1. The number of hydrogen-bond donors (Lipinski definition) is 0. The average Bonchev–Trinajstić information content (AvgIpc) is 1.95. The maximum Gasteiger partial charge on any atom is 0.371 e. The van der Waals surface area contributed by atoms with Crippen LogP contribution in [0.2, 0.25) is 0 Å². The third-order valence-electron chi connectivity index (χ3n) is 1.16. The summed E-state index contributed by atoms with van der Waals surface area (Å²) in [5.41, 5.74) is 0. The lowest BCUT2D eigenvalue weighted by molar-refractivity contribution is -0.261. The van der Waals surface area contributed by atoms with Gasteiger partial charge in [0, 0.05) is 0 Å². The van der Waals surface area contributed by atoms with Crippen LogP contribution in [0.1, 0.15) is 27.7 Å². The molecule has 0 radical (unpaired) electrons. The van der Waals surface area contributed by atoms with Gasteiger partial charge in [-0.2, -0.15) is 0 Å². The first-order valence-corrected chi connectivity index (χ1v) is 5.45. The Kier molecular flexibility index (Phi) is 4.58. The van der Waals surface area contributed by atoms with Gasteiger partial charge in [-0.3, -0.25) is 0 Å². The van der Waals surface area contributed by atoms with Crippen LogP contribution < -0.4 is 0 Å². The molecule has 0 aromatic rings. The second-order valence-electron chi connectivity index (χ2n) is 3.69. The summed E-state index contributed by atoms with van der Waals surface area (Å²) in [6.45, 7) is 6.34. The highest BCUT2D eigenvalue weighted by Gasteiger charge is 2.32. The number of rotatable bonds is 2. The minimum absolute atomic E-state index is 0.664. The SMILES string of the molecule is CC(C)(Br)C(=O)OOC(=O)C(C)(C)Br. The minimum Gasteiger partial charge on any atom is -0.246 e. The largest absolute Gasteiger partial charge is 0.371 e. The molecular formula is C8H12Br2O4. The Bertz CT molecular complexity index is 211. The fourth-order valence-corrected chi connectivity index (χ4v) is 0.406. The fraction of sp³-hybridized carbons (Fsp3) is 0.750. The molecule has 0 aliphatic rings. The van der Waals surface area contributed by atoms with Crippen LogP contribution in [-0.4, -0.2) is 20.6 Å². The van der Waals surface area contributed by atoms with E-state index in [0.717, 1.165) is 0 Å². The number of halogens is 2. The predicted molar refractivity (Wildman–Crippen MR) is 58.2 cm³/mol. The van der Waals surface area contributed by atoms with E-state index in [9.17, 15) is 9.59 Å². The van der Waals surface area contributed by atoms with Crippen molar-refractivity contribution in [3.8, 4) is 0 Å². The van der Waals surface area contributed by atoms with E-state index in [2.05, 4.69) is 41.6 Å². The summed E-state index contributed by atoms with van der Waals surface area (Å²) in [4.78, 5) is 30.9. The van der Waals surface area contributed by atoms with E-state index >= 15 is 0 Å². The lowest BCUT2D eigenvalue weighted by Crippen LogP contribution is -2.32. The van der Waals surface area contributed by atoms with Gasteiger partial charge < -0.3 is 0 Å². The summed E-state index contributed by atoms with van der Waals surface area (Å²) in [5, 5.41) is 0. The van der Waals surface area contributed by atoms with Crippen LogP contribution in [-0.2, 0) is 19.4 Å². The normalized spacial score (nSPS) is 12.1. The summed E-state index contributed by atoms with van der Waals surface area (Å²) in [5.74, 6) is -1.33. The lowest BCUT2D eigenvalue weighted by atomic mass is 10.2. The molecule has 0 aromatic carbocycles. The summed E-state index contributed by atoms with van der Waals surface area (Å²) >= 11 is 6.13. The molecule has 0 saturated heterocycles. The number of hydrogen-bond acceptors (Lipinski definition) is 4. The summed E-state index contributed by atoms with van der Waals surface area (Å²) in [6.07, 6.45) is 0. The molecule has 0 rings (SSSR count). The molecule has 6 heteroatoms. The van der Waals surface area contributed by atoms with Crippen LogP contribution >= 0.6 is 31.9 Å². The second kappa shape index (κ2) is 4.61. The molecule has 82 valence electrons. The van der Waals surface area contributed by atoms with E-state index in [4.69, 9.17) is 0 Å². The van der Waals surface area contributed by atoms with E-state index in [1.807, 2.05) is 0 Å². The van der Waals surface area contributed by atoms with Gasteiger partial charge in [-0.05, 0) is 27.7 Å². The zero-order valence-electron chi connectivity index (χ0n) is 8.39. The quantitative estimate of drug-likeness (QED) is 0.443. The predicted octanol–water partition coefficient (Wildman–Crippen LogP) is 2.33. The van der Waals surface area contributed by atoms with E-state index in [-0.39, 0.29) is 0 Å². The van der Waals surface area contributed by atoms with Crippen LogP contribution in [0.4, 0.5) is 0 Å². The maximum absolute atomic E-state index is 11.1. The Labute approximate surface area is 99.5 Å². The van der Waals surface area contributed by atoms with Crippen molar-refractivity contribution in [2.75, 3.05) is 0 Å². The van der Waals surface area contributed by atoms with Gasteiger partial charge in [0.25, 0.3) is 0 Å². The molecule has 0 aliphatic heterocycles. The Balaban J connectivity index is 4.10. The molecule has 0 spiro atoms. The number of alkyl halides is 2. The highest BCUT2D eigenvalue weighted by molar-refractivity contribution is 9.10. The van der Waals surface area contributed by atoms with Crippen molar-refractivity contribution >= 4 is 43.8 Å². The highest BCUT2D eigenvalue weighted by Crippen LogP contribution is 2.20. The van der Waals surface area contributed by atoms with Crippen molar-refractivity contribution < 1.29 is 19.4 Å². The summed E-state index contributed by atoms with van der Waals surface area (Å²) < 4.78 is -1.74. The van der Waals surface area contributed by atoms with Gasteiger partial charge >= 0.3 is 11.9 Å². The van der Waals surface area contributed by atoms with Crippen LogP contribution in [0.5, 0.6) is 0 Å². The van der Waals surface area contributed by atoms with E-state index in [0.29, 0.717) is 0 Å². The Morgan fingerprint density at radius 2 is 1.07 bits per heavy atom. The lowest BCUT2D eigenvalue weighted by Gasteiger charge is -2.16. The zero-order chi connectivity index (χ0) is 11.6. The van der Waals surface area contributed by atoms with Crippen LogP contribution in [0.25, 0.3) is 0 Å². The van der Waals surface area contributed by atoms with Crippen molar-refractivity contribution in [3.05, 3.63) is 0 Å². The van der Waals surface area contributed by atoms with Crippen molar-refractivity contribution in [2.24, 2.45) is 0 Å². The zero-order valence-corrected chi connectivity index (χ0v) is 11.6. The van der Waals surface area contributed by atoms with E-state index in [1.54, 1.807) is 27.7 Å². The Morgan fingerprint density at radius 3 is 1.21 bits per heavy atom. The van der Waals surface area contributed by atoms with Gasteiger partial charge in [0.2, 0.25) is 0 Å². The molecule has 0 bridgehead atoms. The second-order valence-corrected chi connectivity index (χ2v) is 7.65. The molecule has 4 nitrogen and oxygen atoms in total. The van der Waals surface area contributed by atoms with Gasteiger partial charge in [-0.25, -0.2) is 19.4 Å². The molecule has 0 atom stereocenters.